The van der Waals surface area contributed by atoms with Crippen molar-refractivity contribution in [1.82, 2.24) is 24.4 Å². The maximum absolute atomic E-state index is 4.59. The number of fused-ring (bicyclic) bond motifs is 1. The maximum Gasteiger partial charge on any atom is 0.153 e. The Bertz CT molecular complexity index is 664. The van der Waals surface area contributed by atoms with Gasteiger partial charge in [-0.25, -0.2) is 9.50 Å². The Hall–Kier alpha value is -2.17. The van der Waals surface area contributed by atoms with Crippen LogP contribution in [0.15, 0.2) is 30.7 Å². The quantitative estimate of drug-likeness (QED) is 0.669. The largest absolute Gasteiger partial charge is 0.275 e. The lowest BCUT2D eigenvalue weighted by atomic mass is 10.2. The zero-order valence-corrected chi connectivity index (χ0v) is 9.83. The summed E-state index contributed by atoms with van der Waals surface area (Å²) in [6, 6.07) is 3.95. The summed E-state index contributed by atoms with van der Waals surface area (Å²) in [6.45, 7) is 2.10. The van der Waals surface area contributed by atoms with Crippen LogP contribution in [0.5, 0.6) is 0 Å². The molecule has 3 heterocycles. The zero-order chi connectivity index (χ0) is 11.8. The van der Waals surface area contributed by atoms with Gasteiger partial charge in [0.15, 0.2) is 5.65 Å². The van der Waals surface area contributed by atoms with E-state index in [1.54, 1.807) is 4.68 Å². The average Bonchev–Trinajstić information content (AvgIpc) is 2.94. The summed E-state index contributed by atoms with van der Waals surface area (Å²) in [4.78, 5) is 4.31. The number of hydrogen-bond acceptors (Lipinski definition) is 3. The fourth-order valence-corrected chi connectivity index (χ4v) is 1.87. The molecule has 0 saturated heterocycles. The monoisotopic (exact) mass is 227 g/mol. The summed E-state index contributed by atoms with van der Waals surface area (Å²) in [6.07, 6.45) is 6.56. The van der Waals surface area contributed by atoms with Gasteiger partial charge >= 0.3 is 0 Å². The molecular formula is C12H13N5. The van der Waals surface area contributed by atoms with Crippen LogP contribution in [0.4, 0.5) is 0 Å². The van der Waals surface area contributed by atoms with Crippen molar-refractivity contribution < 1.29 is 0 Å². The number of hydrogen-bond donors (Lipinski definition) is 0. The van der Waals surface area contributed by atoms with Crippen molar-refractivity contribution in [2.45, 2.75) is 13.3 Å². The average molecular weight is 227 g/mol. The zero-order valence-electron chi connectivity index (χ0n) is 9.83. The van der Waals surface area contributed by atoms with Crippen LogP contribution in [-0.2, 0) is 13.5 Å². The molecule has 0 unspecified atom stereocenters. The molecule has 0 aliphatic rings. The number of nitrogens with zero attached hydrogens (tertiary/aromatic N) is 5. The van der Waals surface area contributed by atoms with E-state index in [-0.39, 0.29) is 0 Å². The predicted molar refractivity (Wildman–Crippen MR) is 64.6 cm³/mol. The van der Waals surface area contributed by atoms with Crippen LogP contribution in [0.1, 0.15) is 12.6 Å². The van der Waals surface area contributed by atoms with Crippen molar-refractivity contribution in [3.63, 3.8) is 0 Å². The molecule has 0 N–H and O–H groups in total. The summed E-state index contributed by atoms with van der Waals surface area (Å²) in [5, 5.41) is 8.75. The minimum atomic E-state index is 0.884. The van der Waals surface area contributed by atoms with E-state index in [0.29, 0.717) is 0 Å². The van der Waals surface area contributed by atoms with Crippen LogP contribution in [0.25, 0.3) is 16.9 Å². The van der Waals surface area contributed by atoms with E-state index in [4.69, 9.17) is 0 Å². The lowest BCUT2D eigenvalue weighted by Gasteiger charge is -2.00. The van der Waals surface area contributed by atoms with Crippen LogP contribution in [-0.4, -0.2) is 24.4 Å². The van der Waals surface area contributed by atoms with Gasteiger partial charge in [-0.05, 0) is 18.6 Å². The first kappa shape index (κ1) is 10.0. The van der Waals surface area contributed by atoms with E-state index in [9.17, 15) is 0 Å². The third-order valence-corrected chi connectivity index (χ3v) is 2.80. The smallest absolute Gasteiger partial charge is 0.153 e. The molecule has 0 spiro atoms. The van der Waals surface area contributed by atoms with Crippen molar-refractivity contribution in [1.29, 1.82) is 0 Å². The molecule has 0 radical (unpaired) electrons. The van der Waals surface area contributed by atoms with E-state index < -0.39 is 0 Å². The van der Waals surface area contributed by atoms with E-state index in [1.165, 1.54) is 0 Å². The van der Waals surface area contributed by atoms with E-state index in [2.05, 4.69) is 22.1 Å². The first-order valence-corrected chi connectivity index (χ1v) is 5.60. The summed E-state index contributed by atoms with van der Waals surface area (Å²) < 4.78 is 3.66. The molecule has 3 aromatic heterocycles. The van der Waals surface area contributed by atoms with Gasteiger partial charge in [-0.1, -0.05) is 6.92 Å². The Labute approximate surface area is 98.7 Å². The van der Waals surface area contributed by atoms with Crippen LogP contribution in [0.3, 0.4) is 0 Å². The van der Waals surface area contributed by atoms with Crippen LogP contribution in [0.2, 0.25) is 0 Å². The molecule has 0 saturated carbocycles. The van der Waals surface area contributed by atoms with Gasteiger partial charge in [0.05, 0.1) is 23.8 Å². The molecular weight excluding hydrogens is 214 g/mol. The lowest BCUT2D eigenvalue weighted by Crippen LogP contribution is -1.97. The number of aryl methyl sites for hydroxylation is 2. The summed E-state index contributed by atoms with van der Waals surface area (Å²) >= 11 is 0. The lowest BCUT2D eigenvalue weighted by molar-refractivity contribution is 0.768. The molecule has 17 heavy (non-hydrogen) atoms. The standard InChI is InChI=1S/C12H13N5/c1-3-10-7-13-12-5-4-11(15-17(10)12)9-6-14-16(2)8-9/h4-8H,3H2,1-2H3. The Morgan fingerprint density at radius 2 is 2.12 bits per heavy atom. The third-order valence-electron chi connectivity index (χ3n) is 2.80. The van der Waals surface area contributed by atoms with Crippen LogP contribution in [0, 0.1) is 0 Å². The highest BCUT2D eigenvalue weighted by molar-refractivity contribution is 5.58. The van der Waals surface area contributed by atoms with Gasteiger partial charge in [0.25, 0.3) is 0 Å². The van der Waals surface area contributed by atoms with Crippen molar-refractivity contribution in [3.05, 3.63) is 36.4 Å². The molecule has 0 bridgehead atoms. The molecule has 0 aliphatic heterocycles. The topological polar surface area (TPSA) is 48.0 Å². The predicted octanol–water partition coefficient (Wildman–Crippen LogP) is 1.69. The maximum atomic E-state index is 4.59. The van der Waals surface area contributed by atoms with Gasteiger partial charge in [-0.3, -0.25) is 4.68 Å². The third kappa shape index (κ3) is 1.60. The Balaban J connectivity index is 2.18. The minimum absolute atomic E-state index is 0.884. The molecule has 0 aliphatic carbocycles. The minimum Gasteiger partial charge on any atom is -0.275 e. The number of rotatable bonds is 2. The van der Waals surface area contributed by atoms with Crippen LogP contribution >= 0.6 is 0 Å². The number of aromatic nitrogens is 5. The fraction of sp³-hybridized carbons (Fsp3) is 0.250. The molecule has 86 valence electrons. The molecule has 0 atom stereocenters. The highest BCUT2D eigenvalue weighted by Gasteiger charge is 2.06. The van der Waals surface area contributed by atoms with Gasteiger partial charge in [-0.2, -0.15) is 10.2 Å². The highest BCUT2D eigenvalue weighted by Crippen LogP contribution is 2.16. The highest BCUT2D eigenvalue weighted by atomic mass is 15.3. The number of imidazole rings is 1. The van der Waals surface area contributed by atoms with Crippen molar-refractivity contribution in [2.24, 2.45) is 7.05 Å². The van der Waals surface area contributed by atoms with Gasteiger partial charge in [0.2, 0.25) is 0 Å². The van der Waals surface area contributed by atoms with Crippen molar-refractivity contribution >= 4 is 5.65 Å². The Morgan fingerprint density at radius 3 is 2.82 bits per heavy atom. The van der Waals surface area contributed by atoms with Crippen LogP contribution < -0.4 is 0 Å². The summed E-state index contributed by atoms with van der Waals surface area (Å²) in [5.74, 6) is 0. The Kier molecular flexibility index (Phi) is 2.18. The van der Waals surface area contributed by atoms with Crippen molar-refractivity contribution in [3.8, 4) is 11.3 Å². The van der Waals surface area contributed by atoms with E-state index >= 15 is 0 Å². The molecule has 3 rings (SSSR count). The van der Waals surface area contributed by atoms with Gasteiger partial charge in [-0.15, -0.1) is 0 Å². The second kappa shape index (κ2) is 3.69. The fourth-order valence-electron chi connectivity index (χ4n) is 1.87. The SMILES string of the molecule is CCc1cnc2ccc(-c3cnn(C)c3)nn12. The van der Waals surface area contributed by atoms with Gasteiger partial charge in [0, 0.05) is 18.8 Å². The first-order valence-electron chi connectivity index (χ1n) is 5.60. The molecule has 0 amide bonds. The second-order valence-electron chi connectivity index (χ2n) is 3.99. The second-order valence-corrected chi connectivity index (χ2v) is 3.99. The van der Waals surface area contributed by atoms with Gasteiger partial charge in [0.1, 0.15) is 0 Å². The summed E-state index contributed by atoms with van der Waals surface area (Å²) in [5.41, 5.74) is 3.93. The Morgan fingerprint density at radius 1 is 1.24 bits per heavy atom. The molecule has 0 aromatic carbocycles. The first-order chi connectivity index (χ1) is 8.28. The molecule has 5 nitrogen and oxygen atoms in total. The van der Waals surface area contributed by atoms with E-state index in [1.807, 2.05) is 42.3 Å². The summed E-state index contributed by atoms with van der Waals surface area (Å²) in [7, 11) is 1.90. The van der Waals surface area contributed by atoms with Crippen molar-refractivity contribution in [2.75, 3.05) is 0 Å². The van der Waals surface area contributed by atoms with E-state index in [0.717, 1.165) is 29.0 Å². The molecule has 5 heteroatoms. The van der Waals surface area contributed by atoms with Gasteiger partial charge < -0.3 is 0 Å². The normalized spacial score (nSPS) is 11.2. The molecule has 3 aromatic rings. The molecule has 0 fully saturated rings.